The SMILES string of the molecule is O=CCn1c(=O)c(Br)cc2ccccc21. The van der Waals surface area contributed by atoms with Crippen molar-refractivity contribution in [1.82, 2.24) is 4.57 Å². The van der Waals surface area contributed by atoms with E-state index in [1.165, 1.54) is 4.57 Å². The molecule has 2 aromatic rings. The van der Waals surface area contributed by atoms with Gasteiger partial charge in [-0.1, -0.05) is 18.2 Å². The quantitative estimate of drug-likeness (QED) is 0.779. The van der Waals surface area contributed by atoms with Crippen molar-refractivity contribution in [3.8, 4) is 0 Å². The molecule has 76 valence electrons. The summed E-state index contributed by atoms with van der Waals surface area (Å²) in [6.07, 6.45) is 0.723. The van der Waals surface area contributed by atoms with Gasteiger partial charge in [0.25, 0.3) is 5.56 Å². The molecule has 0 aliphatic heterocycles. The fraction of sp³-hybridized carbons (Fsp3) is 0.0909. The maximum atomic E-state index is 11.7. The monoisotopic (exact) mass is 265 g/mol. The second-order valence-corrected chi connectivity index (χ2v) is 3.99. The van der Waals surface area contributed by atoms with Crippen LogP contribution in [0.1, 0.15) is 0 Å². The zero-order valence-electron chi connectivity index (χ0n) is 7.81. The molecule has 1 aromatic heterocycles. The fourth-order valence-corrected chi connectivity index (χ4v) is 2.01. The third-order valence-corrected chi connectivity index (χ3v) is 2.78. The van der Waals surface area contributed by atoms with E-state index in [9.17, 15) is 9.59 Å². The molecule has 0 fully saturated rings. The molecule has 0 aliphatic carbocycles. The van der Waals surface area contributed by atoms with E-state index in [-0.39, 0.29) is 12.1 Å². The second-order valence-electron chi connectivity index (χ2n) is 3.13. The molecule has 1 heterocycles. The smallest absolute Gasteiger partial charge is 0.265 e. The van der Waals surface area contributed by atoms with Crippen LogP contribution in [0.3, 0.4) is 0 Å². The van der Waals surface area contributed by atoms with Gasteiger partial charge < -0.3 is 9.36 Å². The van der Waals surface area contributed by atoms with Gasteiger partial charge in [0.1, 0.15) is 6.29 Å². The number of halogens is 1. The standard InChI is InChI=1S/C11H8BrNO2/c12-9-7-8-3-1-2-4-10(8)13(5-6-14)11(9)15/h1-4,6-7H,5H2. The maximum absolute atomic E-state index is 11.7. The number of aromatic nitrogens is 1. The molecule has 3 nitrogen and oxygen atoms in total. The number of carbonyl (C=O) groups excluding carboxylic acids is 1. The van der Waals surface area contributed by atoms with Crippen LogP contribution in [0.5, 0.6) is 0 Å². The number of carbonyl (C=O) groups is 1. The van der Waals surface area contributed by atoms with Crippen molar-refractivity contribution in [3.05, 3.63) is 45.2 Å². The van der Waals surface area contributed by atoms with Crippen LogP contribution in [0, 0.1) is 0 Å². The first-order valence-corrected chi connectivity index (χ1v) is 5.25. The highest BCUT2D eigenvalue weighted by molar-refractivity contribution is 9.10. The number of hydrogen-bond donors (Lipinski definition) is 0. The van der Waals surface area contributed by atoms with E-state index in [0.29, 0.717) is 4.47 Å². The van der Waals surface area contributed by atoms with Crippen LogP contribution in [0.2, 0.25) is 0 Å². The van der Waals surface area contributed by atoms with Crippen LogP contribution in [0.25, 0.3) is 10.9 Å². The zero-order chi connectivity index (χ0) is 10.8. The number of benzene rings is 1. The molecule has 0 aliphatic rings. The lowest BCUT2D eigenvalue weighted by molar-refractivity contribution is -0.108. The minimum atomic E-state index is -0.180. The van der Waals surface area contributed by atoms with Gasteiger partial charge in [0, 0.05) is 0 Å². The average molecular weight is 266 g/mol. The Labute approximate surface area is 94.5 Å². The van der Waals surface area contributed by atoms with Gasteiger partial charge in [-0.15, -0.1) is 0 Å². The van der Waals surface area contributed by atoms with E-state index in [2.05, 4.69) is 15.9 Å². The lowest BCUT2D eigenvalue weighted by atomic mass is 10.2. The predicted molar refractivity (Wildman–Crippen MR) is 62.0 cm³/mol. The molecule has 15 heavy (non-hydrogen) atoms. The van der Waals surface area contributed by atoms with Gasteiger partial charge in [-0.3, -0.25) is 4.79 Å². The summed E-state index contributed by atoms with van der Waals surface area (Å²) in [6, 6.07) is 9.23. The predicted octanol–water partition coefficient (Wildman–Crippen LogP) is 1.96. The molecule has 0 unspecified atom stereocenters. The van der Waals surface area contributed by atoms with Crippen molar-refractivity contribution in [2.45, 2.75) is 6.54 Å². The molecule has 4 heteroatoms. The molecular formula is C11H8BrNO2. The summed E-state index contributed by atoms with van der Waals surface area (Å²) in [5, 5.41) is 0.936. The van der Waals surface area contributed by atoms with Crippen molar-refractivity contribution < 1.29 is 4.79 Å². The number of pyridine rings is 1. The molecule has 0 saturated carbocycles. The van der Waals surface area contributed by atoms with Crippen molar-refractivity contribution in [1.29, 1.82) is 0 Å². The first-order valence-electron chi connectivity index (χ1n) is 4.46. The fourth-order valence-electron chi connectivity index (χ4n) is 1.55. The van der Waals surface area contributed by atoms with Crippen molar-refractivity contribution >= 4 is 33.1 Å². The number of aldehydes is 1. The molecule has 0 atom stereocenters. The zero-order valence-corrected chi connectivity index (χ0v) is 9.40. The topological polar surface area (TPSA) is 39.1 Å². The van der Waals surface area contributed by atoms with Gasteiger partial charge in [0.2, 0.25) is 0 Å². The van der Waals surface area contributed by atoms with Crippen LogP contribution in [0.4, 0.5) is 0 Å². The van der Waals surface area contributed by atoms with E-state index >= 15 is 0 Å². The number of fused-ring (bicyclic) bond motifs is 1. The van der Waals surface area contributed by atoms with Crippen LogP contribution in [-0.4, -0.2) is 10.9 Å². The first-order chi connectivity index (χ1) is 7.24. The molecule has 0 radical (unpaired) electrons. The largest absolute Gasteiger partial charge is 0.301 e. The average Bonchev–Trinajstić information content (AvgIpc) is 2.25. The van der Waals surface area contributed by atoms with Crippen molar-refractivity contribution in [3.63, 3.8) is 0 Å². The van der Waals surface area contributed by atoms with Gasteiger partial charge in [-0.05, 0) is 33.4 Å². The lowest BCUT2D eigenvalue weighted by Gasteiger charge is -2.07. The van der Waals surface area contributed by atoms with Gasteiger partial charge >= 0.3 is 0 Å². The molecular weight excluding hydrogens is 258 g/mol. The lowest BCUT2D eigenvalue weighted by Crippen LogP contribution is -2.21. The molecule has 0 N–H and O–H groups in total. The van der Waals surface area contributed by atoms with E-state index in [4.69, 9.17) is 0 Å². The Morgan fingerprint density at radius 1 is 1.33 bits per heavy atom. The van der Waals surface area contributed by atoms with E-state index < -0.39 is 0 Å². The highest BCUT2D eigenvalue weighted by Gasteiger charge is 2.05. The Morgan fingerprint density at radius 2 is 2.07 bits per heavy atom. The van der Waals surface area contributed by atoms with E-state index in [0.717, 1.165) is 17.2 Å². The maximum Gasteiger partial charge on any atom is 0.265 e. The van der Waals surface area contributed by atoms with Crippen LogP contribution >= 0.6 is 15.9 Å². The third kappa shape index (κ3) is 1.72. The summed E-state index contributed by atoms with van der Waals surface area (Å²) in [5.41, 5.74) is 0.596. The number of nitrogens with zero attached hydrogens (tertiary/aromatic N) is 1. The summed E-state index contributed by atoms with van der Waals surface area (Å²) in [5.74, 6) is 0. The Morgan fingerprint density at radius 3 is 2.80 bits per heavy atom. The van der Waals surface area contributed by atoms with Crippen molar-refractivity contribution in [2.24, 2.45) is 0 Å². The highest BCUT2D eigenvalue weighted by Crippen LogP contribution is 2.15. The summed E-state index contributed by atoms with van der Waals surface area (Å²) in [6.45, 7) is 0.0821. The van der Waals surface area contributed by atoms with Gasteiger partial charge in [0.15, 0.2) is 0 Å². The third-order valence-electron chi connectivity index (χ3n) is 2.22. The number of para-hydroxylation sites is 1. The van der Waals surface area contributed by atoms with Gasteiger partial charge in [0.05, 0.1) is 16.5 Å². The van der Waals surface area contributed by atoms with Gasteiger partial charge in [-0.25, -0.2) is 0 Å². The first kappa shape index (κ1) is 10.1. The Balaban J connectivity index is 2.88. The molecule has 0 amide bonds. The molecule has 0 bridgehead atoms. The Bertz CT molecular complexity index is 574. The van der Waals surface area contributed by atoms with E-state index in [1.807, 2.05) is 24.3 Å². The minimum absolute atomic E-state index is 0.0821. The second kappa shape index (κ2) is 3.98. The molecule has 1 aromatic carbocycles. The summed E-state index contributed by atoms with van der Waals surface area (Å²) >= 11 is 3.19. The van der Waals surface area contributed by atoms with Crippen LogP contribution in [0.15, 0.2) is 39.6 Å². The molecule has 0 saturated heterocycles. The van der Waals surface area contributed by atoms with Crippen molar-refractivity contribution in [2.75, 3.05) is 0 Å². The number of hydrogen-bond acceptors (Lipinski definition) is 2. The normalized spacial score (nSPS) is 10.5. The highest BCUT2D eigenvalue weighted by atomic mass is 79.9. The Hall–Kier alpha value is -1.42. The summed E-state index contributed by atoms with van der Waals surface area (Å²) in [7, 11) is 0. The van der Waals surface area contributed by atoms with Crippen LogP contribution in [-0.2, 0) is 11.3 Å². The van der Waals surface area contributed by atoms with Gasteiger partial charge in [-0.2, -0.15) is 0 Å². The molecule has 2 rings (SSSR count). The Kier molecular flexibility index (Phi) is 2.68. The number of rotatable bonds is 2. The summed E-state index contributed by atoms with van der Waals surface area (Å²) < 4.78 is 1.93. The minimum Gasteiger partial charge on any atom is -0.301 e. The van der Waals surface area contributed by atoms with E-state index in [1.54, 1.807) is 6.07 Å². The summed E-state index contributed by atoms with van der Waals surface area (Å²) in [4.78, 5) is 22.2. The molecule has 0 spiro atoms. The van der Waals surface area contributed by atoms with Crippen LogP contribution < -0.4 is 5.56 Å².